The van der Waals surface area contributed by atoms with Crippen LogP contribution in [0.25, 0.3) is 10.6 Å². The monoisotopic (exact) mass is 340 g/mol. The number of pyridine rings is 1. The van der Waals surface area contributed by atoms with E-state index in [0.717, 1.165) is 42.0 Å². The number of aryl methyl sites for hydroxylation is 1. The number of rotatable bonds is 1. The molecule has 4 nitrogen and oxygen atoms in total. The topological polar surface area (TPSA) is 75.1 Å². The van der Waals surface area contributed by atoms with E-state index in [9.17, 15) is 0 Å². The van der Waals surface area contributed by atoms with Gasteiger partial charge in [-0.1, -0.05) is 17.8 Å². The predicted octanol–water partition coefficient (Wildman–Crippen LogP) is 3.66. The van der Waals surface area contributed by atoms with Gasteiger partial charge in [0.1, 0.15) is 11.8 Å². The Labute approximate surface area is 143 Å². The number of nitrogens with two attached hydrogens (primary N) is 1. The second-order valence-electron chi connectivity index (χ2n) is 5.90. The molecular formula is C17H16N4S2. The maximum atomic E-state index is 9.06. The number of nitriles is 1. The summed E-state index contributed by atoms with van der Waals surface area (Å²) in [5, 5.41) is 9.77. The van der Waals surface area contributed by atoms with Crippen LogP contribution < -0.4 is 5.73 Å². The van der Waals surface area contributed by atoms with E-state index < -0.39 is 0 Å². The quantitative estimate of drug-likeness (QED) is 0.859. The molecule has 3 heterocycles. The summed E-state index contributed by atoms with van der Waals surface area (Å²) in [6, 6.07) is 9.95. The highest BCUT2D eigenvalue weighted by Gasteiger charge is 2.39. The summed E-state index contributed by atoms with van der Waals surface area (Å²) < 4.78 is 0. The molecule has 1 aliphatic carbocycles. The number of aromatic nitrogens is 1. The Morgan fingerprint density at radius 3 is 3.04 bits per heavy atom. The van der Waals surface area contributed by atoms with Gasteiger partial charge in [-0.15, -0.1) is 11.3 Å². The van der Waals surface area contributed by atoms with Crippen LogP contribution in [0.2, 0.25) is 0 Å². The van der Waals surface area contributed by atoms with Crippen LogP contribution in [0, 0.1) is 11.3 Å². The van der Waals surface area contributed by atoms with Crippen molar-refractivity contribution in [2.75, 3.05) is 5.75 Å². The number of aliphatic imine (C=N–C) groups is 1. The lowest BCUT2D eigenvalue weighted by molar-refractivity contribution is 0.368. The smallest absolute Gasteiger partial charge is 0.154 e. The van der Waals surface area contributed by atoms with Crippen LogP contribution in [0.5, 0.6) is 0 Å². The Bertz CT molecular complexity index is 833. The van der Waals surface area contributed by atoms with Gasteiger partial charge in [0.05, 0.1) is 16.1 Å². The molecule has 0 amide bonds. The number of hydrogen-bond acceptors (Lipinski definition) is 6. The fraction of sp³-hybridized carbons (Fsp3) is 0.353. The van der Waals surface area contributed by atoms with Gasteiger partial charge in [0.15, 0.2) is 5.17 Å². The zero-order chi connectivity index (χ0) is 15.9. The maximum absolute atomic E-state index is 9.06. The molecule has 2 N–H and O–H groups in total. The summed E-state index contributed by atoms with van der Waals surface area (Å²) in [5.41, 5.74) is 8.55. The van der Waals surface area contributed by atoms with Gasteiger partial charge in [-0.25, -0.2) is 4.98 Å². The summed E-state index contributed by atoms with van der Waals surface area (Å²) in [6.07, 6.45) is 4.37. The molecule has 2 aromatic rings. The van der Waals surface area contributed by atoms with Gasteiger partial charge in [-0.05, 0) is 49.4 Å². The zero-order valence-corrected chi connectivity index (χ0v) is 14.2. The Kier molecular flexibility index (Phi) is 3.63. The van der Waals surface area contributed by atoms with Crippen molar-refractivity contribution in [2.24, 2.45) is 10.7 Å². The first-order valence-electron chi connectivity index (χ1n) is 7.69. The van der Waals surface area contributed by atoms with E-state index in [0.29, 0.717) is 10.9 Å². The molecule has 0 aromatic carbocycles. The van der Waals surface area contributed by atoms with Crippen LogP contribution in [-0.2, 0) is 12.0 Å². The predicted molar refractivity (Wildman–Crippen MR) is 95.6 cm³/mol. The van der Waals surface area contributed by atoms with E-state index in [2.05, 4.69) is 17.1 Å². The lowest BCUT2D eigenvalue weighted by Crippen LogP contribution is -2.34. The highest BCUT2D eigenvalue weighted by molar-refractivity contribution is 8.13. The zero-order valence-electron chi connectivity index (χ0n) is 12.6. The van der Waals surface area contributed by atoms with Gasteiger partial charge in [-0.2, -0.15) is 5.26 Å². The standard InChI is InChI=1S/C17H16N4S2/c18-10-11-3-1-4-13(20-11)15-9-12-14(23-15)5-2-6-17(12)7-8-22-16(19)21-17/h1,3-4,9H,2,5-8H2,(H2,19,21). The van der Waals surface area contributed by atoms with Crippen LogP contribution in [0.3, 0.4) is 0 Å². The Balaban J connectivity index is 1.81. The third-order valence-electron chi connectivity index (χ3n) is 4.51. The molecule has 2 aliphatic rings. The fourth-order valence-corrected chi connectivity index (χ4v) is 5.60. The van der Waals surface area contributed by atoms with Crippen molar-refractivity contribution in [2.45, 2.75) is 31.2 Å². The first kappa shape index (κ1) is 14.7. The molecule has 1 unspecified atom stereocenters. The molecule has 1 aliphatic heterocycles. The fourth-order valence-electron chi connectivity index (χ4n) is 3.44. The molecule has 0 radical (unpaired) electrons. The number of nitrogens with zero attached hydrogens (tertiary/aromatic N) is 3. The summed E-state index contributed by atoms with van der Waals surface area (Å²) >= 11 is 3.44. The van der Waals surface area contributed by atoms with Gasteiger partial charge >= 0.3 is 0 Å². The summed E-state index contributed by atoms with van der Waals surface area (Å²) in [7, 11) is 0. The minimum atomic E-state index is -0.134. The highest BCUT2D eigenvalue weighted by atomic mass is 32.2. The Morgan fingerprint density at radius 2 is 2.22 bits per heavy atom. The van der Waals surface area contributed by atoms with E-state index in [1.807, 2.05) is 12.1 Å². The molecule has 2 aromatic heterocycles. The Hall–Kier alpha value is -1.84. The summed E-state index contributed by atoms with van der Waals surface area (Å²) in [5.74, 6) is 1.03. The molecule has 1 atom stereocenters. The van der Waals surface area contributed by atoms with Gasteiger partial charge in [0.25, 0.3) is 0 Å². The van der Waals surface area contributed by atoms with Gasteiger partial charge < -0.3 is 5.73 Å². The van der Waals surface area contributed by atoms with Crippen LogP contribution in [0.15, 0.2) is 29.3 Å². The van der Waals surface area contributed by atoms with E-state index >= 15 is 0 Å². The minimum absolute atomic E-state index is 0.134. The molecule has 0 bridgehead atoms. The summed E-state index contributed by atoms with van der Waals surface area (Å²) in [4.78, 5) is 11.8. The van der Waals surface area contributed by atoms with Crippen molar-refractivity contribution in [3.05, 3.63) is 40.4 Å². The van der Waals surface area contributed by atoms with Crippen molar-refractivity contribution in [3.8, 4) is 16.6 Å². The molecule has 0 fully saturated rings. The van der Waals surface area contributed by atoms with E-state index in [1.165, 1.54) is 10.4 Å². The van der Waals surface area contributed by atoms with E-state index in [-0.39, 0.29) is 5.54 Å². The number of thiophene rings is 1. The number of hydrogen-bond donors (Lipinski definition) is 1. The van der Waals surface area contributed by atoms with Crippen molar-refractivity contribution in [1.82, 2.24) is 4.98 Å². The molecule has 116 valence electrons. The molecule has 0 saturated carbocycles. The maximum Gasteiger partial charge on any atom is 0.154 e. The average molecular weight is 340 g/mol. The third-order valence-corrected chi connectivity index (χ3v) is 6.52. The lowest BCUT2D eigenvalue weighted by Gasteiger charge is -2.36. The summed E-state index contributed by atoms with van der Waals surface area (Å²) in [6.45, 7) is 0. The van der Waals surface area contributed by atoms with Gasteiger partial charge in [0.2, 0.25) is 0 Å². The van der Waals surface area contributed by atoms with Gasteiger partial charge in [0, 0.05) is 10.6 Å². The van der Waals surface area contributed by atoms with Crippen LogP contribution in [0.1, 0.15) is 35.4 Å². The van der Waals surface area contributed by atoms with Crippen molar-refractivity contribution >= 4 is 28.3 Å². The number of fused-ring (bicyclic) bond motifs is 2. The van der Waals surface area contributed by atoms with E-state index in [4.69, 9.17) is 16.0 Å². The molecular weight excluding hydrogens is 324 g/mol. The normalized spacial score (nSPS) is 23.2. The van der Waals surface area contributed by atoms with Gasteiger partial charge in [-0.3, -0.25) is 4.99 Å². The first-order chi connectivity index (χ1) is 11.2. The first-order valence-corrected chi connectivity index (χ1v) is 9.49. The minimum Gasteiger partial charge on any atom is -0.379 e. The molecule has 4 rings (SSSR count). The van der Waals surface area contributed by atoms with Crippen LogP contribution in [0.4, 0.5) is 0 Å². The lowest BCUT2D eigenvalue weighted by atomic mass is 9.78. The largest absolute Gasteiger partial charge is 0.379 e. The third kappa shape index (κ3) is 2.54. The number of thioether (sulfide) groups is 1. The molecule has 0 saturated heterocycles. The van der Waals surface area contributed by atoms with Crippen molar-refractivity contribution in [3.63, 3.8) is 0 Å². The van der Waals surface area contributed by atoms with Crippen LogP contribution >= 0.6 is 23.1 Å². The number of amidine groups is 1. The van der Waals surface area contributed by atoms with Crippen LogP contribution in [-0.4, -0.2) is 15.9 Å². The second kappa shape index (κ2) is 5.66. The van der Waals surface area contributed by atoms with Crippen molar-refractivity contribution < 1.29 is 0 Å². The SMILES string of the molecule is N#Cc1cccc(-c2cc3c(s2)CCCC32CCSC(N)=N2)n1. The highest BCUT2D eigenvalue weighted by Crippen LogP contribution is 2.48. The second-order valence-corrected chi connectivity index (χ2v) is 8.15. The molecule has 23 heavy (non-hydrogen) atoms. The van der Waals surface area contributed by atoms with Crippen molar-refractivity contribution in [1.29, 1.82) is 5.26 Å². The Morgan fingerprint density at radius 1 is 1.30 bits per heavy atom. The molecule has 6 heteroatoms. The average Bonchev–Trinajstić information content (AvgIpc) is 3.01. The van der Waals surface area contributed by atoms with E-state index in [1.54, 1.807) is 29.2 Å². The molecule has 1 spiro atoms.